The van der Waals surface area contributed by atoms with E-state index in [1.807, 2.05) is 0 Å². The number of methoxy groups -OCH3 is 4. The summed E-state index contributed by atoms with van der Waals surface area (Å²) in [6.45, 7) is 0. The zero-order valence-corrected chi connectivity index (χ0v) is 19.4. The quantitative estimate of drug-likeness (QED) is 0.379. The minimum atomic E-state index is -1.75. The molecule has 0 fully saturated rings. The Morgan fingerprint density at radius 2 is 1.63 bits per heavy atom. The van der Waals surface area contributed by atoms with Crippen LogP contribution in [0.3, 0.4) is 0 Å². The molecule has 1 unspecified atom stereocenters. The second-order valence-electron chi connectivity index (χ2n) is 7.37. The van der Waals surface area contributed by atoms with Crippen LogP contribution in [0.4, 0.5) is 0 Å². The largest absolute Gasteiger partial charge is 0.504 e. The van der Waals surface area contributed by atoms with E-state index in [2.05, 4.69) is 4.74 Å². The molecule has 3 aromatic rings. The van der Waals surface area contributed by atoms with Crippen LogP contribution in [-0.2, 0) is 16.0 Å². The van der Waals surface area contributed by atoms with Crippen molar-refractivity contribution in [3.8, 4) is 28.7 Å². The Kier molecular flexibility index (Phi) is 7.50. The van der Waals surface area contributed by atoms with Gasteiger partial charge in [-0.05, 0) is 41.6 Å². The van der Waals surface area contributed by atoms with Crippen LogP contribution >= 0.6 is 0 Å². The van der Waals surface area contributed by atoms with Crippen molar-refractivity contribution < 1.29 is 48.3 Å². The number of rotatable bonds is 9. The Bertz CT molecular complexity index is 1340. The molecule has 0 saturated heterocycles. The number of phenols is 2. The van der Waals surface area contributed by atoms with Crippen LogP contribution in [0.25, 0.3) is 10.8 Å². The minimum absolute atomic E-state index is 0.0461. The van der Waals surface area contributed by atoms with Crippen molar-refractivity contribution in [2.45, 2.75) is 18.9 Å². The van der Waals surface area contributed by atoms with Crippen molar-refractivity contribution >= 4 is 22.5 Å². The summed E-state index contributed by atoms with van der Waals surface area (Å²) in [6, 6.07) is 5.52. The average Bonchev–Trinajstić information content (AvgIpc) is 2.86. The molecule has 0 aliphatic carbocycles. The van der Waals surface area contributed by atoms with Gasteiger partial charge in [-0.1, -0.05) is 0 Å². The number of ether oxygens (including phenoxy) is 4. The summed E-state index contributed by atoms with van der Waals surface area (Å²) < 4.78 is 24.9. The molecule has 0 saturated carbocycles. The molecular weight excluding hydrogens is 464 g/mol. The number of hydrogen-bond donors (Lipinski definition) is 3. The maximum absolute atomic E-state index is 12.8. The maximum atomic E-state index is 12.8. The fraction of sp³-hybridized carbons (Fsp3) is 0.292. The number of aliphatic hydroxyl groups excluding tert-OH is 1. The van der Waals surface area contributed by atoms with Gasteiger partial charge < -0.3 is 38.7 Å². The lowest BCUT2D eigenvalue weighted by molar-refractivity contribution is -0.127. The normalized spacial score (nSPS) is 11.7. The van der Waals surface area contributed by atoms with Crippen LogP contribution in [0.2, 0.25) is 0 Å². The number of esters is 1. The molecule has 35 heavy (non-hydrogen) atoms. The molecule has 0 radical (unpaired) electrons. The number of ketones is 1. The average molecular weight is 488 g/mol. The van der Waals surface area contributed by atoms with Crippen molar-refractivity contribution in [3.05, 3.63) is 51.6 Å². The van der Waals surface area contributed by atoms with E-state index in [0.717, 1.165) is 7.11 Å². The topological polar surface area (TPSA) is 162 Å². The molecule has 1 atom stereocenters. The third kappa shape index (κ3) is 4.71. The van der Waals surface area contributed by atoms with Gasteiger partial charge in [-0.25, -0.2) is 9.59 Å². The van der Waals surface area contributed by atoms with Crippen molar-refractivity contribution in [3.63, 3.8) is 0 Å². The van der Waals surface area contributed by atoms with Gasteiger partial charge in [0.25, 0.3) is 0 Å². The van der Waals surface area contributed by atoms with Gasteiger partial charge in [-0.3, -0.25) is 4.79 Å². The number of carbonyl (C=O) groups excluding carboxylic acids is 2. The van der Waals surface area contributed by atoms with Crippen LogP contribution in [-0.4, -0.2) is 55.5 Å². The summed E-state index contributed by atoms with van der Waals surface area (Å²) in [7, 11) is 5.00. The van der Waals surface area contributed by atoms with Gasteiger partial charge in [0.1, 0.15) is 17.2 Å². The van der Waals surface area contributed by atoms with Crippen molar-refractivity contribution in [2.75, 3.05) is 28.4 Å². The molecule has 2 aromatic carbocycles. The number of Topliss-reactive ketones (excluding diaryl/α,β-unsaturated/α-hetero) is 1. The molecule has 3 rings (SSSR count). The van der Waals surface area contributed by atoms with Gasteiger partial charge in [-0.2, -0.15) is 0 Å². The molecule has 0 aliphatic heterocycles. The SMILES string of the molecule is COC(=O)c1cc2cc(CCC(=O)C(O)c3c(OC)ccc(OC)c3O)c(O)c(OC)c2c(=O)o1. The van der Waals surface area contributed by atoms with E-state index in [0.29, 0.717) is 0 Å². The van der Waals surface area contributed by atoms with E-state index in [-0.39, 0.29) is 57.7 Å². The zero-order valence-electron chi connectivity index (χ0n) is 19.4. The first kappa shape index (κ1) is 25.4. The van der Waals surface area contributed by atoms with Crippen LogP contribution in [0.5, 0.6) is 28.7 Å². The molecule has 0 spiro atoms. The highest BCUT2D eigenvalue weighted by Gasteiger charge is 2.28. The summed E-state index contributed by atoms with van der Waals surface area (Å²) in [5.41, 5.74) is -0.871. The lowest BCUT2D eigenvalue weighted by Gasteiger charge is -2.17. The van der Waals surface area contributed by atoms with E-state index in [9.17, 15) is 29.7 Å². The Morgan fingerprint density at radius 1 is 0.971 bits per heavy atom. The number of aliphatic hydroxyl groups is 1. The van der Waals surface area contributed by atoms with Crippen LogP contribution in [0.15, 0.2) is 33.5 Å². The van der Waals surface area contributed by atoms with E-state index < -0.39 is 35.0 Å². The summed E-state index contributed by atoms with van der Waals surface area (Å²) in [5, 5.41) is 31.8. The standard InChI is InChI=1S/C24H24O11/c1-31-14-7-8-15(32-2)21(28)18(14)20(27)13(25)6-5-11-9-12-10-16(23(29)34-4)35-24(30)17(12)22(33-3)19(11)26/h7-10,20,26-28H,5-6H2,1-4H3. The fourth-order valence-corrected chi connectivity index (χ4v) is 3.69. The number of phenolic OH excluding ortho intramolecular Hbond substituents is 2. The third-order valence-electron chi connectivity index (χ3n) is 5.45. The number of fused-ring (bicyclic) bond motifs is 1. The zero-order chi connectivity index (χ0) is 25.9. The lowest BCUT2D eigenvalue weighted by atomic mass is 9.96. The summed E-state index contributed by atoms with van der Waals surface area (Å²) >= 11 is 0. The van der Waals surface area contributed by atoms with Crippen molar-refractivity contribution in [2.24, 2.45) is 0 Å². The summed E-state index contributed by atoms with van der Waals surface area (Å²) in [6.07, 6.45) is -2.09. The van der Waals surface area contributed by atoms with Crippen LogP contribution < -0.4 is 19.8 Å². The third-order valence-corrected chi connectivity index (χ3v) is 5.45. The Balaban J connectivity index is 1.97. The van der Waals surface area contributed by atoms with Crippen LogP contribution in [0.1, 0.15) is 34.2 Å². The predicted octanol–water partition coefficient (Wildman–Crippen LogP) is 2.25. The van der Waals surface area contributed by atoms with Crippen molar-refractivity contribution in [1.82, 2.24) is 0 Å². The van der Waals surface area contributed by atoms with Gasteiger partial charge in [-0.15, -0.1) is 0 Å². The fourth-order valence-electron chi connectivity index (χ4n) is 3.69. The second-order valence-corrected chi connectivity index (χ2v) is 7.37. The van der Waals surface area contributed by atoms with Gasteiger partial charge in [0, 0.05) is 6.42 Å². The van der Waals surface area contributed by atoms with E-state index in [1.54, 1.807) is 0 Å². The lowest BCUT2D eigenvalue weighted by Crippen LogP contribution is -2.14. The molecule has 0 bridgehead atoms. The molecule has 0 amide bonds. The van der Waals surface area contributed by atoms with Gasteiger partial charge in [0.05, 0.1) is 34.0 Å². The minimum Gasteiger partial charge on any atom is -0.504 e. The maximum Gasteiger partial charge on any atom is 0.374 e. The van der Waals surface area contributed by atoms with Gasteiger partial charge >= 0.3 is 11.6 Å². The first-order valence-electron chi connectivity index (χ1n) is 10.3. The number of carbonyl (C=O) groups is 2. The second kappa shape index (κ2) is 10.3. The predicted molar refractivity (Wildman–Crippen MR) is 122 cm³/mol. The van der Waals surface area contributed by atoms with E-state index in [1.165, 1.54) is 45.6 Å². The van der Waals surface area contributed by atoms with Gasteiger partial charge in [0.15, 0.2) is 28.8 Å². The number of aromatic hydroxyl groups is 2. The number of hydrogen-bond acceptors (Lipinski definition) is 11. The number of benzene rings is 2. The molecular formula is C24H24O11. The molecule has 1 aromatic heterocycles. The first-order valence-corrected chi connectivity index (χ1v) is 10.3. The summed E-state index contributed by atoms with van der Waals surface area (Å²) in [4.78, 5) is 37.0. The summed E-state index contributed by atoms with van der Waals surface area (Å²) in [5.74, 6) is -2.81. The van der Waals surface area contributed by atoms with E-state index >= 15 is 0 Å². The molecule has 3 N–H and O–H groups in total. The van der Waals surface area contributed by atoms with Gasteiger partial charge in [0.2, 0.25) is 5.76 Å². The van der Waals surface area contributed by atoms with Crippen molar-refractivity contribution in [1.29, 1.82) is 0 Å². The molecule has 0 aliphatic rings. The molecule has 186 valence electrons. The molecule has 11 nitrogen and oxygen atoms in total. The monoisotopic (exact) mass is 488 g/mol. The Labute approximate surface area is 199 Å². The Morgan fingerprint density at radius 3 is 2.23 bits per heavy atom. The van der Waals surface area contributed by atoms with E-state index in [4.69, 9.17) is 18.6 Å². The van der Waals surface area contributed by atoms with Crippen LogP contribution in [0, 0.1) is 0 Å². The highest BCUT2D eigenvalue weighted by Crippen LogP contribution is 2.42. The molecule has 1 heterocycles. The Hall–Kier alpha value is -4.25. The number of aryl methyl sites for hydroxylation is 1. The molecule has 11 heteroatoms. The highest BCUT2D eigenvalue weighted by molar-refractivity contribution is 5.96. The highest BCUT2D eigenvalue weighted by atomic mass is 16.5. The smallest absolute Gasteiger partial charge is 0.374 e. The first-order chi connectivity index (χ1) is 16.7.